The Morgan fingerprint density at radius 1 is 1.30 bits per heavy atom. The van der Waals surface area contributed by atoms with Crippen molar-refractivity contribution in [1.82, 2.24) is 10.2 Å². The number of fused-ring (bicyclic) bond motifs is 1. The van der Waals surface area contributed by atoms with Gasteiger partial charge in [0.2, 0.25) is 0 Å². The number of aromatic nitrogens is 2. The van der Waals surface area contributed by atoms with Gasteiger partial charge in [0.25, 0.3) is 10.0 Å². The average molecular weight is 423 g/mol. The normalized spacial score (nSPS) is 16.1. The number of methoxy groups -OCH3 is 1. The zero-order valence-electron chi connectivity index (χ0n) is 14.7. The number of benzene rings is 1. The smallest absolute Gasteiger partial charge is 0.273 e. The maximum absolute atomic E-state index is 12.9. The molecule has 10 heteroatoms. The van der Waals surface area contributed by atoms with E-state index in [9.17, 15) is 8.42 Å². The molecular weight excluding hydrogens is 404 g/mol. The van der Waals surface area contributed by atoms with Crippen LogP contribution in [0.25, 0.3) is 0 Å². The molecule has 1 N–H and O–H groups in total. The Labute approximate surface area is 165 Å². The van der Waals surface area contributed by atoms with Crippen molar-refractivity contribution in [3.8, 4) is 0 Å². The molecular formula is C17H18N4O3S3. The molecule has 4 rings (SSSR count). The van der Waals surface area contributed by atoms with Gasteiger partial charge in [-0.15, -0.1) is 21.5 Å². The summed E-state index contributed by atoms with van der Waals surface area (Å²) < 4.78 is 32.6. The topological polar surface area (TPSA) is 84.4 Å². The summed E-state index contributed by atoms with van der Waals surface area (Å²) in [6.45, 7) is 0.435. The van der Waals surface area contributed by atoms with Crippen molar-refractivity contribution in [2.24, 2.45) is 0 Å². The number of nitrogens with zero attached hydrogens (tertiary/aromatic N) is 3. The van der Waals surface area contributed by atoms with Gasteiger partial charge in [-0.05, 0) is 23.1 Å². The van der Waals surface area contributed by atoms with E-state index in [0.29, 0.717) is 16.5 Å². The molecule has 0 radical (unpaired) electrons. The van der Waals surface area contributed by atoms with E-state index in [2.05, 4.69) is 15.5 Å². The third-order valence-corrected chi connectivity index (χ3v) is 8.52. The van der Waals surface area contributed by atoms with Gasteiger partial charge in [-0.25, -0.2) is 8.42 Å². The van der Waals surface area contributed by atoms with Gasteiger partial charge in [0.1, 0.15) is 14.2 Å². The predicted octanol–water partition coefficient (Wildman–Crippen LogP) is 3.28. The Morgan fingerprint density at radius 3 is 2.89 bits per heavy atom. The number of hydrogen-bond donors (Lipinski definition) is 1. The van der Waals surface area contributed by atoms with Crippen LogP contribution in [0.1, 0.15) is 21.6 Å². The molecule has 2 aromatic heterocycles. The summed E-state index contributed by atoms with van der Waals surface area (Å²) in [6, 6.07) is 9.04. The quantitative estimate of drug-likeness (QED) is 0.656. The van der Waals surface area contributed by atoms with Crippen LogP contribution in [0.2, 0.25) is 0 Å². The van der Waals surface area contributed by atoms with E-state index < -0.39 is 10.0 Å². The molecule has 0 amide bonds. The van der Waals surface area contributed by atoms with Gasteiger partial charge in [-0.2, -0.15) is 0 Å². The van der Waals surface area contributed by atoms with Crippen molar-refractivity contribution in [2.75, 3.05) is 23.8 Å². The molecule has 0 bridgehead atoms. The molecule has 3 aromatic rings. The number of anilines is 2. The number of ether oxygens (including phenoxy) is 1. The fourth-order valence-corrected chi connectivity index (χ4v) is 6.28. The van der Waals surface area contributed by atoms with E-state index in [1.807, 2.05) is 18.2 Å². The summed E-state index contributed by atoms with van der Waals surface area (Å²) in [7, 11) is -0.375. The van der Waals surface area contributed by atoms with Crippen LogP contribution < -0.4 is 9.62 Å². The van der Waals surface area contributed by atoms with Crippen LogP contribution >= 0.6 is 22.7 Å². The molecule has 3 heterocycles. The third-order valence-electron chi connectivity index (χ3n) is 4.37. The fourth-order valence-electron chi connectivity index (χ4n) is 3.04. The van der Waals surface area contributed by atoms with Gasteiger partial charge >= 0.3 is 0 Å². The molecule has 0 fully saturated rings. The van der Waals surface area contributed by atoms with Crippen molar-refractivity contribution < 1.29 is 13.2 Å². The molecule has 0 spiro atoms. The zero-order valence-corrected chi connectivity index (χ0v) is 17.2. The number of thiophene rings is 1. The van der Waals surface area contributed by atoms with E-state index in [1.165, 1.54) is 27.0 Å². The molecule has 1 aromatic carbocycles. The monoisotopic (exact) mass is 422 g/mol. The van der Waals surface area contributed by atoms with Crippen molar-refractivity contribution in [2.45, 2.75) is 23.3 Å². The summed E-state index contributed by atoms with van der Waals surface area (Å²) in [5, 5.41) is 15.3. The average Bonchev–Trinajstić information content (AvgIpc) is 3.39. The lowest BCUT2D eigenvalue weighted by Crippen LogP contribution is -2.26. The van der Waals surface area contributed by atoms with E-state index in [4.69, 9.17) is 4.74 Å². The van der Waals surface area contributed by atoms with Gasteiger partial charge in [-0.3, -0.25) is 4.31 Å². The van der Waals surface area contributed by atoms with E-state index in [1.54, 1.807) is 31.7 Å². The molecule has 27 heavy (non-hydrogen) atoms. The molecule has 1 unspecified atom stereocenters. The summed E-state index contributed by atoms with van der Waals surface area (Å²) in [4.78, 5) is 0. The molecule has 1 aliphatic rings. The first-order valence-corrected chi connectivity index (χ1v) is 11.4. The number of sulfonamides is 1. The van der Waals surface area contributed by atoms with Gasteiger partial charge in [-0.1, -0.05) is 29.5 Å². The van der Waals surface area contributed by atoms with Crippen LogP contribution in [0.3, 0.4) is 0 Å². The lowest BCUT2D eigenvalue weighted by molar-refractivity contribution is 0.184. The molecule has 1 aliphatic heterocycles. The number of nitrogens with one attached hydrogen (secondary N) is 1. The lowest BCUT2D eigenvalue weighted by Gasteiger charge is -2.21. The summed E-state index contributed by atoms with van der Waals surface area (Å²) in [5.74, 6) is 0. The van der Waals surface area contributed by atoms with E-state index in [-0.39, 0.29) is 6.04 Å². The molecule has 0 aliphatic carbocycles. The minimum Gasteiger partial charge on any atom is -0.377 e. The van der Waals surface area contributed by atoms with Crippen molar-refractivity contribution in [3.05, 3.63) is 51.3 Å². The zero-order chi connectivity index (χ0) is 19.0. The Balaban J connectivity index is 1.63. The van der Waals surface area contributed by atoms with Crippen molar-refractivity contribution in [1.29, 1.82) is 0 Å². The second-order valence-electron chi connectivity index (χ2n) is 6.08. The molecule has 0 saturated heterocycles. The standard InChI is InChI=1S/C17H18N4O3S3/c1-21(27(22,23)15-7-4-8-25-15)13-6-3-5-11-9-12(18-16(11)13)17-20-19-14(26-17)10-24-2/h3-8,12,18H,9-10H2,1-2H3. The minimum atomic E-state index is -3.59. The highest BCUT2D eigenvalue weighted by molar-refractivity contribution is 7.94. The Hall–Kier alpha value is -2.01. The number of para-hydroxylation sites is 1. The summed E-state index contributed by atoms with van der Waals surface area (Å²) in [5.41, 5.74) is 2.52. The molecule has 1 atom stereocenters. The van der Waals surface area contributed by atoms with Crippen molar-refractivity contribution >= 4 is 44.1 Å². The first-order chi connectivity index (χ1) is 13.0. The van der Waals surface area contributed by atoms with Gasteiger partial charge in [0, 0.05) is 20.6 Å². The van der Waals surface area contributed by atoms with Crippen LogP contribution in [-0.4, -0.2) is 32.8 Å². The number of rotatable bonds is 6. The minimum absolute atomic E-state index is 0.0258. The third kappa shape index (κ3) is 3.33. The molecule has 7 nitrogen and oxygen atoms in total. The molecule has 0 saturated carbocycles. The first kappa shape index (κ1) is 18.4. The van der Waals surface area contributed by atoms with Crippen molar-refractivity contribution in [3.63, 3.8) is 0 Å². The van der Waals surface area contributed by atoms with E-state index in [0.717, 1.165) is 27.7 Å². The van der Waals surface area contributed by atoms with Crippen LogP contribution in [0.4, 0.5) is 11.4 Å². The summed E-state index contributed by atoms with van der Waals surface area (Å²) >= 11 is 2.72. The highest BCUT2D eigenvalue weighted by atomic mass is 32.2. The number of hydrogen-bond acceptors (Lipinski definition) is 8. The second kappa shape index (κ2) is 7.19. The van der Waals surface area contributed by atoms with Gasteiger partial charge in [0.15, 0.2) is 0 Å². The van der Waals surface area contributed by atoms with Gasteiger partial charge < -0.3 is 10.1 Å². The maximum Gasteiger partial charge on any atom is 0.273 e. The Kier molecular flexibility index (Phi) is 4.89. The SMILES string of the molecule is COCc1nnc(C2Cc3cccc(N(C)S(=O)(=O)c4cccs4)c3N2)s1. The Morgan fingerprint density at radius 2 is 2.15 bits per heavy atom. The summed E-state index contributed by atoms with van der Waals surface area (Å²) in [6.07, 6.45) is 0.734. The van der Waals surface area contributed by atoms with Crippen LogP contribution in [0.5, 0.6) is 0 Å². The highest BCUT2D eigenvalue weighted by Crippen LogP contribution is 2.42. The van der Waals surface area contributed by atoms with Crippen LogP contribution in [-0.2, 0) is 27.8 Å². The first-order valence-electron chi connectivity index (χ1n) is 8.23. The van der Waals surface area contributed by atoms with Crippen LogP contribution in [0, 0.1) is 0 Å². The second-order valence-corrected chi connectivity index (χ2v) is 10.3. The predicted molar refractivity (Wildman–Crippen MR) is 107 cm³/mol. The van der Waals surface area contributed by atoms with Gasteiger partial charge in [0.05, 0.1) is 24.0 Å². The van der Waals surface area contributed by atoms with E-state index >= 15 is 0 Å². The highest BCUT2D eigenvalue weighted by Gasteiger charge is 2.31. The fraction of sp³-hybridized carbons (Fsp3) is 0.294. The maximum atomic E-state index is 12.9. The molecule has 142 valence electrons. The van der Waals surface area contributed by atoms with Crippen LogP contribution in [0.15, 0.2) is 39.9 Å². The lowest BCUT2D eigenvalue weighted by atomic mass is 10.1. The largest absolute Gasteiger partial charge is 0.377 e. The Bertz CT molecular complexity index is 1050.